The molecular formula is C20H23ClN4O3S. The molecule has 1 amide bonds. The van der Waals surface area contributed by atoms with E-state index in [1.165, 1.54) is 4.31 Å². The van der Waals surface area contributed by atoms with E-state index < -0.39 is 10.0 Å². The van der Waals surface area contributed by atoms with E-state index in [-0.39, 0.29) is 12.5 Å². The largest absolute Gasteiger partial charge is 0.292 e. The Labute approximate surface area is 176 Å². The van der Waals surface area contributed by atoms with Gasteiger partial charge in [0.2, 0.25) is 10.0 Å². The first-order valence-corrected chi connectivity index (χ1v) is 11.0. The fourth-order valence-electron chi connectivity index (χ4n) is 2.95. The summed E-state index contributed by atoms with van der Waals surface area (Å²) in [5.41, 5.74) is 4.33. The topological polar surface area (TPSA) is 82.1 Å². The maximum Gasteiger partial charge on any atom is 0.254 e. The van der Waals surface area contributed by atoms with Gasteiger partial charge < -0.3 is 0 Å². The minimum absolute atomic E-state index is 0.163. The third-order valence-corrected chi connectivity index (χ3v) is 6.79. The van der Waals surface area contributed by atoms with Crippen LogP contribution < -0.4 is 5.43 Å². The van der Waals surface area contributed by atoms with Crippen molar-refractivity contribution in [3.63, 3.8) is 0 Å². The van der Waals surface area contributed by atoms with Crippen molar-refractivity contribution in [3.8, 4) is 0 Å². The molecule has 1 aliphatic heterocycles. The molecule has 0 aliphatic carbocycles. The summed E-state index contributed by atoms with van der Waals surface area (Å²) >= 11 is 5.82. The zero-order valence-corrected chi connectivity index (χ0v) is 17.7. The normalized spacial score (nSPS) is 16.2. The molecule has 2 aromatic carbocycles. The van der Waals surface area contributed by atoms with E-state index in [2.05, 4.69) is 10.5 Å². The third-order valence-electron chi connectivity index (χ3n) is 4.63. The van der Waals surface area contributed by atoms with Gasteiger partial charge in [0.25, 0.3) is 5.91 Å². The van der Waals surface area contributed by atoms with Crippen molar-refractivity contribution >= 4 is 33.7 Å². The lowest BCUT2D eigenvalue weighted by atomic mass is 10.2. The van der Waals surface area contributed by atoms with E-state index in [9.17, 15) is 13.2 Å². The van der Waals surface area contributed by atoms with Crippen molar-refractivity contribution < 1.29 is 13.2 Å². The van der Waals surface area contributed by atoms with E-state index in [0.717, 1.165) is 11.1 Å². The highest BCUT2D eigenvalue weighted by molar-refractivity contribution is 7.89. The first-order valence-electron chi connectivity index (χ1n) is 9.21. The number of rotatable bonds is 6. The molecular weight excluding hydrogens is 412 g/mol. The van der Waals surface area contributed by atoms with Gasteiger partial charge in [-0.05, 0) is 36.8 Å². The maximum absolute atomic E-state index is 12.7. The monoisotopic (exact) mass is 434 g/mol. The number of hydrazone groups is 1. The van der Waals surface area contributed by atoms with Crippen LogP contribution in [0.4, 0.5) is 0 Å². The van der Waals surface area contributed by atoms with Gasteiger partial charge in [0.1, 0.15) is 0 Å². The lowest BCUT2D eigenvalue weighted by molar-refractivity contribution is -0.122. The van der Waals surface area contributed by atoms with Crippen LogP contribution in [-0.2, 0) is 14.8 Å². The van der Waals surface area contributed by atoms with Crippen molar-refractivity contribution in [2.24, 2.45) is 5.10 Å². The quantitative estimate of drug-likeness (QED) is 0.557. The average Bonchev–Trinajstić information content (AvgIpc) is 2.70. The second-order valence-electron chi connectivity index (χ2n) is 6.84. The Morgan fingerprint density at radius 3 is 2.31 bits per heavy atom. The average molecular weight is 435 g/mol. The minimum atomic E-state index is -3.51. The fraction of sp³-hybridized carbons (Fsp3) is 0.300. The number of halogens is 1. The highest BCUT2D eigenvalue weighted by Gasteiger charge is 2.28. The molecule has 0 bridgehead atoms. The smallest absolute Gasteiger partial charge is 0.254 e. The van der Waals surface area contributed by atoms with Crippen LogP contribution in [0.15, 0.2) is 58.5 Å². The number of nitrogens with zero attached hydrogens (tertiary/aromatic N) is 3. The minimum Gasteiger partial charge on any atom is -0.292 e. The number of amides is 1. The molecule has 1 aliphatic rings. The van der Waals surface area contributed by atoms with Crippen molar-refractivity contribution in [3.05, 3.63) is 64.7 Å². The molecule has 154 valence electrons. The summed E-state index contributed by atoms with van der Waals surface area (Å²) < 4.78 is 26.9. The second-order valence-corrected chi connectivity index (χ2v) is 9.21. The summed E-state index contributed by atoms with van der Waals surface area (Å²) in [5, 5.41) is 4.57. The summed E-state index contributed by atoms with van der Waals surface area (Å²) in [6, 6.07) is 13.9. The van der Waals surface area contributed by atoms with Crippen LogP contribution in [0.1, 0.15) is 11.1 Å². The fourth-order valence-corrected chi connectivity index (χ4v) is 4.50. The van der Waals surface area contributed by atoms with Crippen LogP contribution in [0, 0.1) is 6.92 Å². The van der Waals surface area contributed by atoms with E-state index in [0.29, 0.717) is 36.1 Å². The van der Waals surface area contributed by atoms with Crippen molar-refractivity contribution in [2.75, 3.05) is 32.7 Å². The van der Waals surface area contributed by atoms with E-state index in [4.69, 9.17) is 11.6 Å². The number of benzene rings is 2. The van der Waals surface area contributed by atoms with Crippen LogP contribution >= 0.6 is 11.6 Å². The number of sulfonamides is 1. The summed E-state index contributed by atoms with van der Waals surface area (Å²) in [6.45, 7) is 3.74. The number of piperazine rings is 1. The molecule has 29 heavy (non-hydrogen) atoms. The highest BCUT2D eigenvalue weighted by atomic mass is 35.5. The molecule has 0 unspecified atom stereocenters. The second kappa shape index (κ2) is 9.49. The van der Waals surface area contributed by atoms with Gasteiger partial charge >= 0.3 is 0 Å². The van der Waals surface area contributed by atoms with Crippen LogP contribution in [0.3, 0.4) is 0 Å². The summed E-state index contributed by atoms with van der Waals surface area (Å²) in [6.07, 6.45) is 1.54. The molecule has 2 aromatic rings. The first kappa shape index (κ1) is 21.4. The Bertz CT molecular complexity index is 968. The van der Waals surface area contributed by atoms with Crippen LogP contribution in [-0.4, -0.2) is 62.5 Å². The lowest BCUT2D eigenvalue weighted by Crippen LogP contribution is -2.50. The van der Waals surface area contributed by atoms with E-state index in [1.54, 1.807) is 54.7 Å². The van der Waals surface area contributed by atoms with Gasteiger partial charge in [-0.1, -0.05) is 41.4 Å². The SMILES string of the molecule is Cc1ccc(S(=O)(=O)N2CCN(CC(=O)N/N=C/c3ccc(Cl)cc3)CC2)cc1. The van der Waals surface area contributed by atoms with Gasteiger partial charge in [-0.3, -0.25) is 9.69 Å². The Kier molecular flexibility index (Phi) is 7.02. The van der Waals surface area contributed by atoms with Crippen LogP contribution in [0.2, 0.25) is 5.02 Å². The number of nitrogens with one attached hydrogen (secondary N) is 1. The molecule has 0 radical (unpaired) electrons. The molecule has 7 nitrogen and oxygen atoms in total. The van der Waals surface area contributed by atoms with E-state index >= 15 is 0 Å². The Morgan fingerprint density at radius 2 is 1.69 bits per heavy atom. The first-order chi connectivity index (χ1) is 13.8. The third kappa shape index (κ3) is 5.86. The van der Waals surface area contributed by atoms with Gasteiger partial charge in [0.15, 0.2) is 0 Å². The van der Waals surface area contributed by atoms with Gasteiger partial charge in [0, 0.05) is 31.2 Å². The van der Waals surface area contributed by atoms with Gasteiger partial charge in [-0.2, -0.15) is 9.41 Å². The molecule has 0 aromatic heterocycles. The Hall–Kier alpha value is -2.26. The summed E-state index contributed by atoms with van der Waals surface area (Å²) in [7, 11) is -3.51. The Balaban J connectivity index is 1.47. The zero-order valence-electron chi connectivity index (χ0n) is 16.1. The summed E-state index contributed by atoms with van der Waals surface area (Å²) in [5.74, 6) is -0.245. The number of carbonyl (C=O) groups excluding carboxylic acids is 1. The maximum atomic E-state index is 12.7. The molecule has 1 heterocycles. The molecule has 1 N–H and O–H groups in total. The molecule has 0 saturated carbocycles. The van der Waals surface area contributed by atoms with Crippen molar-refractivity contribution in [1.29, 1.82) is 0 Å². The van der Waals surface area contributed by atoms with Gasteiger partial charge in [-0.15, -0.1) is 0 Å². The van der Waals surface area contributed by atoms with Gasteiger partial charge in [0.05, 0.1) is 17.7 Å². The van der Waals surface area contributed by atoms with Crippen molar-refractivity contribution in [2.45, 2.75) is 11.8 Å². The molecule has 0 atom stereocenters. The predicted octanol–water partition coefficient (Wildman–Crippen LogP) is 2.11. The van der Waals surface area contributed by atoms with Gasteiger partial charge in [-0.25, -0.2) is 13.8 Å². The van der Waals surface area contributed by atoms with Crippen LogP contribution in [0.25, 0.3) is 0 Å². The molecule has 1 saturated heterocycles. The molecule has 0 spiro atoms. The highest BCUT2D eigenvalue weighted by Crippen LogP contribution is 2.18. The Morgan fingerprint density at radius 1 is 1.07 bits per heavy atom. The number of hydrogen-bond donors (Lipinski definition) is 1. The van der Waals surface area contributed by atoms with E-state index in [1.807, 2.05) is 11.8 Å². The summed E-state index contributed by atoms with van der Waals surface area (Å²) in [4.78, 5) is 14.3. The lowest BCUT2D eigenvalue weighted by Gasteiger charge is -2.33. The van der Waals surface area contributed by atoms with Crippen LogP contribution in [0.5, 0.6) is 0 Å². The standard InChI is InChI=1S/C20H23ClN4O3S/c1-16-2-8-19(9-3-16)29(27,28)25-12-10-24(11-13-25)15-20(26)23-22-14-17-4-6-18(21)7-5-17/h2-9,14H,10-13,15H2,1H3,(H,23,26)/b22-14+. The van der Waals surface area contributed by atoms with Crippen molar-refractivity contribution in [1.82, 2.24) is 14.6 Å². The molecule has 3 rings (SSSR count). The molecule has 9 heteroatoms. The zero-order chi connectivity index (χ0) is 20.9. The number of carbonyl (C=O) groups is 1. The molecule has 1 fully saturated rings. The predicted molar refractivity (Wildman–Crippen MR) is 114 cm³/mol. The number of aryl methyl sites for hydroxylation is 1. The number of hydrogen-bond acceptors (Lipinski definition) is 5.